The lowest BCUT2D eigenvalue weighted by Crippen LogP contribution is -2.58. The summed E-state index contributed by atoms with van der Waals surface area (Å²) in [6.45, 7) is 2.85. The van der Waals surface area contributed by atoms with E-state index in [1.165, 1.54) is 4.90 Å². The monoisotopic (exact) mass is 381 g/mol. The zero-order valence-corrected chi connectivity index (χ0v) is 15.9. The molecule has 2 aliphatic heterocycles. The van der Waals surface area contributed by atoms with E-state index in [1.54, 1.807) is 0 Å². The topological polar surface area (TPSA) is 148 Å². The fraction of sp³-hybridized carbons (Fsp3) is 0.778. The van der Waals surface area contributed by atoms with E-state index in [-0.39, 0.29) is 23.6 Å². The molecule has 2 fully saturated rings. The number of amides is 4. The third kappa shape index (κ3) is 5.41. The van der Waals surface area contributed by atoms with Crippen molar-refractivity contribution in [3.63, 3.8) is 0 Å². The molecular formula is C18H31N5O4. The number of carbonyl (C=O) groups excluding carboxylic acids is 4. The fourth-order valence-electron chi connectivity index (χ4n) is 3.78. The molecule has 2 aliphatic rings. The first-order valence-electron chi connectivity index (χ1n) is 9.74. The first-order chi connectivity index (χ1) is 12.8. The average Bonchev–Trinajstić information content (AvgIpc) is 3.12. The van der Waals surface area contributed by atoms with E-state index >= 15 is 0 Å². The zero-order chi connectivity index (χ0) is 20.0. The Morgan fingerprint density at radius 1 is 1.30 bits per heavy atom. The third-order valence-corrected chi connectivity index (χ3v) is 5.42. The number of primary amides is 1. The molecule has 4 amide bonds. The second-order valence-electron chi connectivity index (χ2n) is 7.50. The van der Waals surface area contributed by atoms with Crippen LogP contribution in [0.3, 0.4) is 0 Å². The quantitative estimate of drug-likeness (QED) is 0.398. The molecule has 2 heterocycles. The molecule has 9 nitrogen and oxygen atoms in total. The Balaban J connectivity index is 2.08. The van der Waals surface area contributed by atoms with Gasteiger partial charge < -0.3 is 27.0 Å². The summed E-state index contributed by atoms with van der Waals surface area (Å²) in [7, 11) is 0. The van der Waals surface area contributed by atoms with Crippen molar-refractivity contribution in [3.8, 4) is 0 Å². The number of nitrogens with one attached hydrogen (secondary N) is 2. The van der Waals surface area contributed by atoms with Crippen LogP contribution in [0.5, 0.6) is 0 Å². The van der Waals surface area contributed by atoms with Gasteiger partial charge in [0.15, 0.2) is 0 Å². The first-order valence-corrected chi connectivity index (χ1v) is 9.74. The Bertz CT molecular complexity index is 582. The van der Waals surface area contributed by atoms with Gasteiger partial charge in [-0.1, -0.05) is 6.92 Å². The van der Waals surface area contributed by atoms with Gasteiger partial charge in [-0.15, -0.1) is 0 Å². The highest BCUT2D eigenvalue weighted by Crippen LogP contribution is 2.20. The summed E-state index contributed by atoms with van der Waals surface area (Å²) in [4.78, 5) is 50.5. The molecule has 0 saturated carbocycles. The van der Waals surface area contributed by atoms with E-state index in [1.807, 2.05) is 6.92 Å². The molecule has 27 heavy (non-hydrogen) atoms. The molecule has 0 aromatic rings. The maximum absolute atomic E-state index is 13.0. The second-order valence-corrected chi connectivity index (χ2v) is 7.50. The van der Waals surface area contributed by atoms with Crippen LogP contribution in [0.1, 0.15) is 51.9 Å². The van der Waals surface area contributed by atoms with Crippen molar-refractivity contribution in [1.29, 1.82) is 0 Å². The second kappa shape index (κ2) is 9.68. The summed E-state index contributed by atoms with van der Waals surface area (Å²) in [5.41, 5.74) is 11.0. The molecule has 0 bridgehead atoms. The van der Waals surface area contributed by atoms with Gasteiger partial charge in [0, 0.05) is 13.0 Å². The molecule has 152 valence electrons. The molecule has 2 unspecified atom stereocenters. The van der Waals surface area contributed by atoms with Gasteiger partial charge in [-0.05, 0) is 51.0 Å². The fourth-order valence-corrected chi connectivity index (χ4v) is 3.78. The Hall–Kier alpha value is -2.16. The van der Waals surface area contributed by atoms with Gasteiger partial charge in [0.25, 0.3) is 0 Å². The van der Waals surface area contributed by atoms with E-state index in [2.05, 4.69) is 10.6 Å². The standard InChI is InChI=1S/C18H31N5O4/c1-11-7-8-14(24)22-15(11)17(26)21-12(5-2-3-9-19)18(27)23-10-4-6-13(23)16(20)25/h11-13,15H,2-10,19H2,1H3,(H2,20,25)(H,21,26)(H,22,24)/t11?,12-,13-,15?/m0/s1. The molecule has 0 aromatic heterocycles. The lowest BCUT2D eigenvalue weighted by atomic mass is 9.91. The molecule has 0 aromatic carbocycles. The van der Waals surface area contributed by atoms with Crippen LogP contribution >= 0.6 is 0 Å². The van der Waals surface area contributed by atoms with E-state index in [9.17, 15) is 19.2 Å². The summed E-state index contributed by atoms with van der Waals surface area (Å²) in [6.07, 6.45) is 4.12. The molecule has 6 N–H and O–H groups in total. The number of nitrogens with two attached hydrogens (primary N) is 2. The predicted octanol–water partition coefficient (Wildman–Crippen LogP) is -1.01. The summed E-state index contributed by atoms with van der Waals surface area (Å²) in [5, 5.41) is 5.50. The van der Waals surface area contributed by atoms with Gasteiger partial charge in [-0.3, -0.25) is 19.2 Å². The van der Waals surface area contributed by atoms with Crippen molar-refractivity contribution in [2.24, 2.45) is 17.4 Å². The van der Waals surface area contributed by atoms with Crippen LogP contribution in [0.4, 0.5) is 0 Å². The Kier molecular flexibility index (Phi) is 7.58. The number of carbonyl (C=O) groups is 4. The maximum Gasteiger partial charge on any atom is 0.245 e. The molecule has 0 spiro atoms. The lowest BCUT2D eigenvalue weighted by Gasteiger charge is -2.32. The van der Waals surface area contributed by atoms with Crippen molar-refractivity contribution in [1.82, 2.24) is 15.5 Å². The number of hydrogen-bond donors (Lipinski definition) is 4. The van der Waals surface area contributed by atoms with Gasteiger partial charge in [0.1, 0.15) is 18.1 Å². The van der Waals surface area contributed by atoms with Crippen LogP contribution in [0.2, 0.25) is 0 Å². The number of hydrogen-bond acceptors (Lipinski definition) is 5. The maximum atomic E-state index is 13.0. The van der Waals surface area contributed by atoms with Gasteiger partial charge in [0.2, 0.25) is 23.6 Å². The Morgan fingerprint density at radius 2 is 2.04 bits per heavy atom. The van der Waals surface area contributed by atoms with E-state index in [4.69, 9.17) is 11.5 Å². The molecule has 2 saturated heterocycles. The van der Waals surface area contributed by atoms with Crippen LogP contribution < -0.4 is 22.1 Å². The number of nitrogens with zero attached hydrogens (tertiary/aromatic N) is 1. The number of piperidine rings is 1. The minimum absolute atomic E-state index is 0.00681. The number of unbranched alkanes of at least 4 members (excludes halogenated alkanes) is 1. The van der Waals surface area contributed by atoms with Crippen LogP contribution in [0.25, 0.3) is 0 Å². The summed E-state index contributed by atoms with van der Waals surface area (Å²) < 4.78 is 0. The number of likely N-dealkylation sites (tertiary alicyclic amines) is 1. The van der Waals surface area contributed by atoms with Gasteiger partial charge >= 0.3 is 0 Å². The average molecular weight is 381 g/mol. The van der Waals surface area contributed by atoms with Gasteiger partial charge in [-0.25, -0.2) is 0 Å². The van der Waals surface area contributed by atoms with Crippen molar-refractivity contribution < 1.29 is 19.2 Å². The van der Waals surface area contributed by atoms with E-state index < -0.39 is 24.0 Å². The highest BCUT2D eigenvalue weighted by Gasteiger charge is 2.38. The SMILES string of the molecule is CC1CCC(=O)NC1C(=O)N[C@@H](CCCCN)C(=O)N1CCC[C@H]1C(N)=O. The zero-order valence-electron chi connectivity index (χ0n) is 15.9. The summed E-state index contributed by atoms with van der Waals surface area (Å²) in [5.74, 6) is -1.35. The first kappa shape index (κ1) is 21.1. The Labute approximate surface area is 159 Å². The van der Waals surface area contributed by atoms with E-state index in [0.29, 0.717) is 51.6 Å². The largest absolute Gasteiger partial charge is 0.368 e. The summed E-state index contributed by atoms with van der Waals surface area (Å²) >= 11 is 0. The van der Waals surface area contributed by atoms with Crippen LogP contribution in [0, 0.1) is 5.92 Å². The minimum Gasteiger partial charge on any atom is -0.368 e. The third-order valence-electron chi connectivity index (χ3n) is 5.42. The summed E-state index contributed by atoms with van der Waals surface area (Å²) in [6, 6.07) is -2.03. The van der Waals surface area contributed by atoms with E-state index in [0.717, 1.165) is 6.42 Å². The van der Waals surface area contributed by atoms with Crippen molar-refractivity contribution in [2.75, 3.05) is 13.1 Å². The molecule has 2 rings (SSSR count). The smallest absolute Gasteiger partial charge is 0.245 e. The van der Waals surface area contributed by atoms with Gasteiger partial charge in [-0.2, -0.15) is 0 Å². The number of rotatable bonds is 8. The molecular weight excluding hydrogens is 350 g/mol. The minimum atomic E-state index is -0.755. The van der Waals surface area contributed by atoms with Crippen LogP contribution in [-0.4, -0.2) is 59.7 Å². The molecule has 4 atom stereocenters. The van der Waals surface area contributed by atoms with Crippen molar-refractivity contribution in [3.05, 3.63) is 0 Å². The highest BCUT2D eigenvalue weighted by molar-refractivity contribution is 5.94. The van der Waals surface area contributed by atoms with Crippen LogP contribution in [0.15, 0.2) is 0 Å². The predicted molar refractivity (Wildman–Crippen MR) is 99.1 cm³/mol. The highest BCUT2D eigenvalue weighted by atomic mass is 16.2. The molecule has 0 radical (unpaired) electrons. The Morgan fingerprint density at radius 3 is 2.70 bits per heavy atom. The lowest BCUT2D eigenvalue weighted by molar-refractivity contribution is -0.141. The molecule has 9 heteroatoms. The molecule has 0 aliphatic carbocycles. The van der Waals surface area contributed by atoms with Crippen molar-refractivity contribution in [2.45, 2.75) is 70.0 Å². The normalized spacial score (nSPS) is 26.4. The van der Waals surface area contributed by atoms with Gasteiger partial charge in [0.05, 0.1) is 0 Å². The van der Waals surface area contributed by atoms with Crippen molar-refractivity contribution >= 4 is 23.6 Å². The van der Waals surface area contributed by atoms with Crippen LogP contribution in [-0.2, 0) is 19.2 Å².